The fourth-order valence-electron chi connectivity index (χ4n) is 3.33. The van der Waals surface area contributed by atoms with E-state index >= 15 is 0 Å². The molecule has 1 aromatic heterocycles. The third-order valence-corrected chi connectivity index (χ3v) is 5.64. The molecule has 0 bridgehead atoms. The van der Waals surface area contributed by atoms with Gasteiger partial charge in [-0.1, -0.05) is 35.4 Å². The minimum absolute atomic E-state index is 0.0314. The summed E-state index contributed by atoms with van der Waals surface area (Å²) in [5.74, 6) is -2.97. The monoisotopic (exact) mass is 517 g/mol. The van der Waals surface area contributed by atoms with Crippen molar-refractivity contribution in [2.45, 2.75) is 20.0 Å². The Bertz CT molecular complexity index is 1500. The minimum Gasteiger partial charge on any atom is -0.484 e. The second-order valence-corrected chi connectivity index (χ2v) is 8.32. The van der Waals surface area contributed by atoms with Crippen LogP contribution in [0.2, 0.25) is 5.02 Å². The number of carbonyl (C=O) groups excluding carboxylic acids is 1. The molecule has 0 aliphatic heterocycles. The largest absolute Gasteiger partial charge is 0.484 e. The Morgan fingerprint density at radius 3 is 2.42 bits per heavy atom. The van der Waals surface area contributed by atoms with Gasteiger partial charge in [-0.15, -0.1) is 0 Å². The van der Waals surface area contributed by atoms with E-state index in [0.29, 0.717) is 16.3 Å². The number of alkyl halides is 3. The van der Waals surface area contributed by atoms with Crippen LogP contribution in [-0.4, -0.2) is 12.5 Å². The zero-order valence-corrected chi connectivity index (χ0v) is 19.8. The normalized spacial score (nSPS) is 11.4. The number of halogens is 4. The lowest BCUT2D eigenvalue weighted by Crippen LogP contribution is -2.20. The number of aryl methyl sites for hydroxylation is 1. The Hall–Kier alpha value is -3.98. The first kappa shape index (κ1) is 25.1. The van der Waals surface area contributed by atoms with Crippen LogP contribution in [-0.2, 0) is 11.0 Å². The lowest BCUT2D eigenvalue weighted by molar-refractivity contribution is -0.154. The number of ether oxygens (including phenoxy) is 2. The predicted molar refractivity (Wildman–Crippen MR) is 129 cm³/mol. The molecule has 0 aliphatic rings. The van der Waals surface area contributed by atoms with Gasteiger partial charge in [0.2, 0.25) is 11.2 Å². The van der Waals surface area contributed by atoms with Gasteiger partial charge in [-0.2, -0.15) is 13.2 Å². The van der Waals surface area contributed by atoms with Crippen LogP contribution in [0.15, 0.2) is 69.9 Å². The Morgan fingerprint density at radius 1 is 1.03 bits per heavy atom. The van der Waals surface area contributed by atoms with E-state index in [0.717, 1.165) is 11.6 Å². The molecule has 0 spiro atoms. The molecular weight excluding hydrogens is 499 g/mol. The Labute approximate surface area is 208 Å². The summed E-state index contributed by atoms with van der Waals surface area (Å²) in [6.07, 6.45) is -5.00. The third kappa shape index (κ3) is 5.46. The van der Waals surface area contributed by atoms with Crippen molar-refractivity contribution >= 4 is 34.2 Å². The SMILES string of the molecule is Cc1ccc(Oc2c(C(F)(F)F)oc3cc(OCC(=O)Nc4cccc(Cl)c4C)ccc3c2=O)cc1. The zero-order chi connectivity index (χ0) is 26.0. The fourth-order valence-corrected chi connectivity index (χ4v) is 3.50. The van der Waals surface area contributed by atoms with E-state index < -0.39 is 35.6 Å². The molecule has 0 unspecified atom stereocenters. The van der Waals surface area contributed by atoms with Gasteiger partial charge in [0.25, 0.3) is 11.7 Å². The van der Waals surface area contributed by atoms with Gasteiger partial charge in [-0.3, -0.25) is 9.59 Å². The lowest BCUT2D eigenvalue weighted by Gasteiger charge is -2.14. The molecule has 3 aromatic carbocycles. The molecule has 1 amide bonds. The van der Waals surface area contributed by atoms with Gasteiger partial charge in [0.1, 0.15) is 17.1 Å². The van der Waals surface area contributed by atoms with Crippen molar-refractivity contribution in [1.29, 1.82) is 0 Å². The summed E-state index contributed by atoms with van der Waals surface area (Å²) in [4.78, 5) is 25.2. The van der Waals surface area contributed by atoms with E-state index in [2.05, 4.69) is 5.32 Å². The van der Waals surface area contributed by atoms with Crippen LogP contribution in [0, 0.1) is 13.8 Å². The van der Waals surface area contributed by atoms with Crippen LogP contribution in [0.25, 0.3) is 11.0 Å². The molecule has 36 heavy (non-hydrogen) atoms. The summed E-state index contributed by atoms with van der Waals surface area (Å²) in [5, 5.41) is 2.98. The maximum absolute atomic E-state index is 13.7. The molecule has 186 valence electrons. The van der Waals surface area contributed by atoms with Gasteiger partial charge < -0.3 is 19.2 Å². The van der Waals surface area contributed by atoms with Gasteiger partial charge in [0, 0.05) is 16.8 Å². The Morgan fingerprint density at radius 2 is 1.72 bits per heavy atom. The number of nitrogens with one attached hydrogen (secondary N) is 1. The highest BCUT2D eigenvalue weighted by Crippen LogP contribution is 2.38. The number of hydrogen-bond acceptors (Lipinski definition) is 5. The number of carbonyl (C=O) groups is 1. The summed E-state index contributed by atoms with van der Waals surface area (Å²) in [6, 6.07) is 14.9. The highest BCUT2D eigenvalue weighted by Gasteiger charge is 2.40. The van der Waals surface area contributed by atoms with Crippen LogP contribution in [0.1, 0.15) is 16.9 Å². The predicted octanol–water partition coefficient (Wildman–Crippen LogP) is 6.89. The summed E-state index contributed by atoms with van der Waals surface area (Å²) in [7, 11) is 0. The first-order valence-corrected chi connectivity index (χ1v) is 11.0. The molecule has 10 heteroatoms. The van der Waals surface area contributed by atoms with Crippen molar-refractivity contribution in [3.63, 3.8) is 0 Å². The second kappa shape index (κ2) is 9.94. The maximum atomic E-state index is 13.7. The summed E-state index contributed by atoms with van der Waals surface area (Å²) in [5.41, 5.74) is 0.671. The van der Waals surface area contributed by atoms with Crippen molar-refractivity contribution in [3.8, 4) is 17.2 Å². The Kier molecular flexibility index (Phi) is 6.94. The topological polar surface area (TPSA) is 77.8 Å². The quantitative estimate of drug-likeness (QED) is 0.301. The third-order valence-electron chi connectivity index (χ3n) is 5.23. The van der Waals surface area contributed by atoms with E-state index in [1.165, 1.54) is 24.3 Å². The van der Waals surface area contributed by atoms with E-state index in [9.17, 15) is 22.8 Å². The first-order chi connectivity index (χ1) is 17.0. The van der Waals surface area contributed by atoms with Crippen molar-refractivity contribution in [3.05, 3.63) is 92.8 Å². The van der Waals surface area contributed by atoms with Gasteiger partial charge >= 0.3 is 6.18 Å². The van der Waals surface area contributed by atoms with Crippen LogP contribution >= 0.6 is 11.6 Å². The molecule has 0 atom stereocenters. The van der Waals surface area contributed by atoms with Crippen molar-refractivity contribution in [2.24, 2.45) is 0 Å². The highest BCUT2D eigenvalue weighted by molar-refractivity contribution is 6.31. The van der Waals surface area contributed by atoms with E-state index in [1.807, 2.05) is 0 Å². The van der Waals surface area contributed by atoms with Crippen LogP contribution in [0.3, 0.4) is 0 Å². The summed E-state index contributed by atoms with van der Waals surface area (Å²) < 4.78 is 57.0. The molecule has 1 N–H and O–H groups in total. The van der Waals surface area contributed by atoms with Gasteiger partial charge in [-0.25, -0.2) is 0 Å². The average molecular weight is 518 g/mol. The number of fused-ring (bicyclic) bond motifs is 1. The lowest BCUT2D eigenvalue weighted by atomic mass is 10.2. The van der Waals surface area contributed by atoms with Gasteiger partial charge in [0.05, 0.1) is 5.39 Å². The number of rotatable bonds is 6. The van der Waals surface area contributed by atoms with Crippen molar-refractivity contribution in [2.75, 3.05) is 11.9 Å². The van der Waals surface area contributed by atoms with Crippen LogP contribution in [0.5, 0.6) is 17.2 Å². The zero-order valence-electron chi connectivity index (χ0n) is 19.0. The molecule has 0 aliphatic carbocycles. The number of hydrogen-bond donors (Lipinski definition) is 1. The second-order valence-electron chi connectivity index (χ2n) is 7.91. The molecule has 1 heterocycles. The summed E-state index contributed by atoms with van der Waals surface area (Å²) >= 11 is 6.04. The van der Waals surface area contributed by atoms with E-state index in [1.54, 1.807) is 44.2 Å². The summed E-state index contributed by atoms with van der Waals surface area (Å²) in [6.45, 7) is 3.10. The van der Waals surface area contributed by atoms with Crippen molar-refractivity contribution in [1.82, 2.24) is 0 Å². The Balaban J connectivity index is 1.60. The molecule has 6 nitrogen and oxygen atoms in total. The fraction of sp³-hybridized carbons (Fsp3) is 0.154. The van der Waals surface area contributed by atoms with E-state index in [-0.39, 0.29) is 22.5 Å². The van der Waals surface area contributed by atoms with Crippen LogP contribution < -0.4 is 20.2 Å². The van der Waals surface area contributed by atoms with E-state index in [4.69, 9.17) is 25.5 Å². The molecule has 4 aromatic rings. The number of benzene rings is 3. The molecular formula is C26H19ClF3NO5. The molecule has 4 rings (SSSR count). The molecule has 0 saturated heterocycles. The number of amides is 1. The smallest absolute Gasteiger partial charge is 0.453 e. The first-order valence-electron chi connectivity index (χ1n) is 10.6. The molecule has 0 radical (unpaired) electrons. The van der Waals surface area contributed by atoms with Gasteiger partial charge in [0.15, 0.2) is 6.61 Å². The van der Waals surface area contributed by atoms with Gasteiger partial charge in [-0.05, 0) is 55.8 Å². The number of anilines is 1. The minimum atomic E-state index is -5.00. The molecule has 0 saturated carbocycles. The van der Waals surface area contributed by atoms with Crippen molar-refractivity contribution < 1.29 is 31.9 Å². The standard InChI is InChI=1S/C26H19ClF3NO5/c1-14-6-8-16(9-7-14)35-24-23(33)18-11-10-17(12-21(18)36-25(24)26(28,29)30)34-13-22(32)31-20-5-3-4-19(27)15(20)2/h3-12H,13H2,1-2H3,(H,31,32). The maximum Gasteiger partial charge on any atom is 0.453 e. The highest BCUT2D eigenvalue weighted by atomic mass is 35.5. The van der Waals surface area contributed by atoms with Crippen LogP contribution in [0.4, 0.5) is 18.9 Å². The average Bonchev–Trinajstić information content (AvgIpc) is 2.83. The molecule has 0 fully saturated rings.